The Morgan fingerprint density at radius 1 is 0.833 bits per heavy atom. The molecule has 198 valence electrons. The van der Waals surface area contributed by atoms with Crippen molar-refractivity contribution < 1.29 is 49.2 Å². The van der Waals surface area contributed by atoms with E-state index in [1.807, 2.05) is 5.32 Å². The average Bonchev–Trinajstić information content (AvgIpc) is 2.78. The van der Waals surface area contributed by atoms with Crippen LogP contribution in [-0.2, 0) is 35.2 Å². The van der Waals surface area contributed by atoms with Crippen LogP contribution in [0.5, 0.6) is 0 Å². The van der Waals surface area contributed by atoms with E-state index in [1.165, 1.54) is 0 Å². The lowest BCUT2D eigenvalue weighted by Crippen LogP contribution is -2.58. The van der Waals surface area contributed by atoms with Crippen LogP contribution in [0.1, 0.15) is 31.7 Å². The fraction of sp³-hybridized carbons (Fsp3) is 0.455. The van der Waals surface area contributed by atoms with Crippen molar-refractivity contribution in [3.05, 3.63) is 35.9 Å². The second-order valence-electron chi connectivity index (χ2n) is 8.01. The number of hydrogen-bond donors (Lipinski definition) is 8. The number of nitrogens with two attached hydrogens (primary N) is 1. The Balaban J connectivity index is 3.14. The molecule has 0 aromatic heterocycles. The van der Waals surface area contributed by atoms with Crippen LogP contribution in [0.3, 0.4) is 0 Å². The monoisotopic (exact) mass is 510 g/mol. The molecule has 0 radical (unpaired) electrons. The lowest BCUT2D eigenvalue weighted by atomic mass is 10.0. The quantitative estimate of drug-likeness (QED) is 0.126. The van der Waals surface area contributed by atoms with Gasteiger partial charge in [0, 0.05) is 12.8 Å². The van der Waals surface area contributed by atoms with Gasteiger partial charge in [-0.2, -0.15) is 0 Å². The van der Waals surface area contributed by atoms with E-state index in [9.17, 15) is 39.0 Å². The molecule has 0 aliphatic heterocycles. The van der Waals surface area contributed by atoms with Crippen LogP contribution in [-0.4, -0.2) is 86.3 Å². The van der Waals surface area contributed by atoms with Gasteiger partial charge < -0.3 is 42.1 Å². The molecule has 0 heterocycles. The SMILES string of the molecule is CC(O)C(NC(=O)C(CCC(=O)O)NC(=O)C(Cc1ccccc1)NC(=O)C(N)CC(=O)O)C(=O)O. The van der Waals surface area contributed by atoms with Crippen LogP contribution in [0.15, 0.2) is 30.3 Å². The summed E-state index contributed by atoms with van der Waals surface area (Å²) in [5.74, 6) is -7.11. The molecule has 9 N–H and O–H groups in total. The van der Waals surface area contributed by atoms with Gasteiger partial charge in [0.25, 0.3) is 0 Å². The second-order valence-corrected chi connectivity index (χ2v) is 8.01. The van der Waals surface area contributed by atoms with Gasteiger partial charge in [0.05, 0.1) is 18.6 Å². The second kappa shape index (κ2) is 14.4. The van der Waals surface area contributed by atoms with E-state index < -0.39 is 85.2 Å². The molecule has 0 saturated carbocycles. The molecule has 1 aromatic rings. The Hall–Kier alpha value is -4.04. The smallest absolute Gasteiger partial charge is 0.328 e. The van der Waals surface area contributed by atoms with Crippen molar-refractivity contribution in [1.82, 2.24) is 16.0 Å². The zero-order chi connectivity index (χ0) is 27.4. The molecule has 3 amide bonds. The summed E-state index contributed by atoms with van der Waals surface area (Å²) in [5.41, 5.74) is 6.16. The summed E-state index contributed by atoms with van der Waals surface area (Å²) in [6.45, 7) is 1.12. The minimum absolute atomic E-state index is 0.0864. The lowest BCUT2D eigenvalue weighted by molar-refractivity contribution is -0.145. The number of hydrogen-bond acceptors (Lipinski definition) is 8. The number of rotatable bonds is 15. The lowest BCUT2D eigenvalue weighted by Gasteiger charge is -2.25. The predicted octanol–water partition coefficient (Wildman–Crippen LogP) is -2.18. The maximum absolute atomic E-state index is 13.1. The Morgan fingerprint density at radius 2 is 1.39 bits per heavy atom. The first-order valence-electron chi connectivity index (χ1n) is 10.9. The van der Waals surface area contributed by atoms with Crippen molar-refractivity contribution in [1.29, 1.82) is 0 Å². The molecule has 0 saturated heterocycles. The maximum Gasteiger partial charge on any atom is 0.328 e. The van der Waals surface area contributed by atoms with E-state index in [-0.39, 0.29) is 6.42 Å². The number of aliphatic hydroxyl groups is 1. The standard InChI is InChI=1S/C22H30N4O10/c1-11(27)18(22(35)36)26-20(33)14(7-8-16(28)29)24-21(34)15(9-12-5-3-2-4-6-12)25-19(32)13(23)10-17(30)31/h2-6,11,13-15,18,27H,7-10,23H2,1H3,(H,24,34)(H,25,32)(H,26,33)(H,28,29)(H,30,31)(H,35,36). The highest BCUT2D eigenvalue weighted by Crippen LogP contribution is 2.07. The van der Waals surface area contributed by atoms with E-state index >= 15 is 0 Å². The first-order chi connectivity index (χ1) is 16.8. The zero-order valence-electron chi connectivity index (χ0n) is 19.4. The van der Waals surface area contributed by atoms with Gasteiger partial charge in [-0.15, -0.1) is 0 Å². The fourth-order valence-corrected chi connectivity index (χ4v) is 3.07. The first kappa shape index (κ1) is 30.0. The van der Waals surface area contributed by atoms with Crippen molar-refractivity contribution in [2.45, 2.75) is 62.9 Å². The fourth-order valence-electron chi connectivity index (χ4n) is 3.07. The van der Waals surface area contributed by atoms with Gasteiger partial charge in [0.1, 0.15) is 12.1 Å². The van der Waals surface area contributed by atoms with Gasteiger partial charge in [-0.25, -0.2) is 4.79 Å². The van der Waals surface area contributed by atoms with Crippen LogP contribution in [0.4, 0.5) is 0 Å². The highest BCUT2D eigenvalue weighted by molar-refractivity contribution is 5.95. The number of nitrogens with one attached hydrogen (secondary N) is 3. The number of aliphatic carboxylic acids is 3. The molecule has 36 heavy (non-hydrogen) atoms. The third-order valence-corrected chi connectivity index (χ3v) is 4.97. The van der Waals surface area contributed by atoms with Crippen LogP contribution in [0, 0.1) is 0 Å². The van der Waals surface area contributed by atoms with Crippen LogP contribution >= 0.6 is 0 Å². The Morgan fingerprint density at radius 3 is 1.89 bits per heavy atom. The van der Waals surface area contributed by atoms with Gasteiger partial charge >= 0.3 is 17.9 Å². The normalized spacial score (nSPS) is 14.9. The van der Waals surface area contributed by atoms with E-state index in [2.05, 4.69) is 10.6 Å². The molecular weight excluding hydrogens is 480 g/mol. The van der Waals surface area contributed by atoms with Crippen molar-refractivity contribution in [2.24, 2.45) is 5.73 Å². The predicted molar refractivity (Wildman–Crippen MR) is 122 cm³/mol. The number of amides is 3. The van der Waals surface area contributed by atoms with Crippen molar-refractivity contribution in [2.75, 3.05) is 0 Å². The maximum atomic E-state index is 13.1. The summed E-state index contributed by atoms with van der Waals surface area (Å²) in [4.78, 5) is 71.3. The summed E-state index contributed by atoms with van der Waals surface area (Å²) in [6.07, 6.45) is -3.28. The number of carboxylic acids is 3. The number of aliphatic hydroxyl groups excluding tert-OH is 1. The van der Waals surface area contributed by atoms with Crippen molar-refractivity contribution >= 4 is 35.6 Å². The van der Waals surface area contributed by atoms with Gasteiger partial charge in [-0.05, 0) is 18.9 Å². The molecule has 0 spiro atoms. The van der Waals surface area contributed by atoms with E-state index in [4.69, 9.17) is 15.9 Å². The molecule has 0 fully saturated rings. The Labute approximate surface area is 205 Å². The van der Waals surface area contributed by atoms with E-state index in [0.29, 0.717) is 5.56 Å². The summed E-state index contributed by atoms with van der Waals surface area (Å²) >= 11 is 0. The molecule has 14 heteroatoms. The summed E-state index contributed by atoms with van der Waals surface area (Å²) in [6, 6.07) is 2.30. The third-order valence-electron chi connectivity index (χ3n) is 4.97. The van der Waals surface area contributed by atoms with Gasteiger partial charge in [0.2, 0.25) is 17.7 Å². The van der Waals surface area contributed by atoms with Crippen molar-refractivity contribution in [3.8, 4) is 0 Å². The summed E-state index contributed by atoms with van der Waals surface area (Å²) in [7, 11) is 0. The average molecular weight is 511 g/mol. The van der Waals surface area contributed by atoms with E-state index in [0.717, 1.165) is 6.92 Å². The van der Waals surface area contributed by atoms with Gasteiger partial charge in [-0.3, -0.25) is 24.0 Å². The van der Waals surface area contributed by atoms with Crippen LogP contribution in [0.2, 0.25) is 0 Å². The molecule has 1 rings (SSSR count). The number of carboxylic acid groups (broad SMARTS) is 3. The number of carbonyl (C=O) groups is 6. The molecule has 0 aliphatic carbocycles. The Bertz CT molecular complexity index is 953. The number of benzene rings is 1. The van der Waals surface area contributed by atoms with Gasteiger partial charge in [-0.1, -0.05) is 30.3 Å². The summed E-state index contributed by atoms with van der Waals surface area (Å²) in [5, 5.41) is 43.3. The zero-order valence-corrected chi connectivity index (χ0v) is 19.4. The Kier molecular flexibility index (Phi) is 12.0. The number of carbonyl (C=O) groups excluding carboxylic acids is 3. The van der Waals surface area contributed by atoms with Crippen LogP contribution < -0.4 is 21.7 Å². The molecule has 0 bridgehead atoms. The molecule has 0 aliphatic rings. The third kappa shape index (κ3) is 10.5. The molecule has 14 nitrogen and oxygen atoms in total. The minimum Gasteiger partial charge on any atom is -0.481 e. The molecule has 5 unspecified atom stereocenters. The highest BCUT2D eigenvalue weighted by atomic mass is 16.4. The van der Waals surface area contributed by atoms with Crippen LogP contribution in [0.25, 0.3) is 0 Å². The molecular formula is C22H30N4O10. The largest absolute Gasteiger partial charge is 0.481 e. The highest BCUT2D eigenvalue weighted by Gasteiger charge is 2.32. The minimum atomic E-state index is -1.73. The van der Waals surface area contributed by atoms with Gasteiger partial charge in [0.15, 0.2) is 6.04 Å². The summed E-state index contributed by atoms with van der Waals surface area (Å²) < 4.78 is 0. The molecule has 5 atom stereocenters. The topological polar surface area (TPSA) is 245 Å². The van der Waals surface area contributed by atoms with E-state index in [1.54, 1.807) is 30.3 Å². The molecule has 1 aromatic carbocycles. The first-order valence-corrected chi connectivity index (χ1v) is 10.9. The van der Waals surface area contributed by atoms with Crippen molar-refractivity contribution in [3.63, 3.8) is 0 Å².